The molecule has 1 saturated heterocycles. The second-order valence-corrected chi connectivity index (χ2v) is 4.02. The molecule has 4 heteroatoms. The molecule has 1 heterocycles. The molecule has 0 bridgehead atoms. The van der Waals surface area contributed by atoms with Crippen molar-refractivity contribution < 1.29 is 8.78 Å². The van der Waals surface area contributed by atoms with Crippen molar-refractivity contribution in [3.05, 3.63) is 23.8 Å². The number of hydrogen-bond acceptors (Lipinski definition) is 2. The van der Waals surface area contributed by atoms with Crippen LogP contribution in [0.3, 0.4) is 0 Å². The van der Waals surface area contributed by atoms with E-state index in [0.717, 1.165) is 12.8 Å². The van der Waals surface area contributed by atoms with Crippen LogP contribution in [0.5, 0.6) is 0 Å². The van der Waals surface area contributed by atoms with Crippen LogP contribution in [-0.2, 0) is 0 Å². The molecule has 0 aliphatic carbocycles. The lowest BCUT2D eigenvalue weighted by molar-refractivity contribution is 0.568. The van der Waals surface area contributed by atoms with E-state index in [4.69, 9.17) is 5.73 Å². The van der Waals surface area contributed by atoms with Crippen LogP contribution >= 0.6 is 0 Å². The fraction of sp³-hybridized carbons (Fsp3) is 0.455. The molecule has 1 aromatic rings. The lowest BCUT2D eigenvalue weighted by Crippen LogP contribution is -2.28. The van der Waals surface area contributed by atoms with Gasteiger partial charge in [0.1, 0.15) is 5.69 Å². The van der Waals surface area contributed by atoms with Gasteiger partial charge in [0, 0.05) is 18.3 Å². The van der Waals surface area contributed by atoms with Crippen molar-refractivity contribution in [1.82, 2.24) is 0 Å². The van der Waals surface area contributed by atoms with Crippen LogP contribution in [0.25, 0.3) is 0 Å². The molecule has 1 atom stereocenters. The molecule has 0 aromatic heterocycles. The van der Waals surface area contributed by atoms with Gasteiger partial charge in [0.2, 0.25) is 0 Å². The molecule has 1 aliphatic heterocycles. The van der Waals surface area contributed by atoms with Crippen LogP contribution < -0.4 is 10.6 Å². The second kappa shape index (κ2) is 3.68. The van der Waals surface area contributed by atoms with E-state index in [1.54, 1.807) is 4.90 Å². The average molecular weight is 212 g/mol. The molecule has 1 aromatic carbocycles. The molecule has 2 N–H and O–H groups in total. The lowest BCUT2D eigenvalue weighted by Gasteiger charge is -2.24. The van der Waals surface area contributed by atoms with Gasteiger partial charge in [0.05, 0.1) is 0 Å². The number of benzene rings is 1. The quantitative estimate of drug-likeness (QED) is 0.725. The van der Waals surface area contributed by atoms with Crippen LogP contribution in [0.2, 0.25) is 0 Å². The van der Waals surface area contributed by atoms with Crippen LogP contribution in [0.4, 0.5) is 20.2 Å². The number of anilines is 2. The molecular weight excluding hydrogens is 198 g/mol. The third-order valence-electron chi connectivity index (χ3n) is 2.88. The van der Waals surface area contributed by atoms with Gasteiger partial charge < -0.3 is 10.6 Å². The van der Waals surface area contributed by atoms with Crippen molar-refractivity contribution >= 4 is 11.4 Å². The number of halogens is 2. The summed E-state index contributed by atoms with van der Waals surface area (Å²) in [6, 6.07) is 2.53. The maximum Gasteiger partial charge on any atom is 0.151 e. The van der Waals surface area contributed by atoms with Crippen LogP contribution in [-0.4, -0.2) is 12.6 Å². The standard InChI is InChI=1S/C11H14F2N2/c1-7-3-2-4-15(7)11-9(12)5-8(14)6-10(11)13/h5-7H,2-4,14H2,1H3. The van der Waals surface area contributed by atoms with E-state index in [1.807, 2.05) is 6.92 Å². The topological polar surface area (TPSA) is 29.3 Å². The largest absolute Gasteiger partial charge is 0.399 e. The third kappa shape index (κ3) is 1.76. The molecule has 2 rings (SSSR count). The highest BCUT2D eigenvalue weighted by molar-refractivity contribution is 5.56. The monoisotopic (exact) mass is 212 g/mol. The van der Waals surface area contributed by atoms with E-state index < -0.39 is 11.6 Å². The highest BCUT2D eigenvalue weighted by atomic mass is 19.1. The van der Waals surface area contributed by atoms with Gasteiger partial charge >= 0.3 is 0 Å². The summed E-state index contributed by atoms with van der Waals surface area (Å²) in [5.41, 5.74) is 5.55. The maximum absolute atomic E-state index is 13.6. The fourth-order valence-corrected chi connectivity index (χ4v) is 2.12. The van der Waals surface area contributed by atoms with Gasteiger partial charge in [-0.05, 0) is 31.9 Å². The van der Waals surface area contributed by atoms with Crippen molar-refractivity contribution in [2.24, 2.45) is 0 Å². The Labute approximate surface area is 87.7 Å². The van der Waals surface area contributed by atoms with E-state index in [0.29, 0.717) is 6.54 Å². The maximum atomic E-state index is 13.6. The first-order valence-corrected chi connectivity index (χ1v) is 5.10. The highest BCUT2D eigenvalue weighted by Crippen LogP contribution is 2.31. The number of nitrogen functional groups attached to an aromatic ring is 1. The Morgan fingerprint density at radius 3 is 2.40 bits per heavy atom. The molecule has 0 spiro atoms. The SMILES string of the molecule is CC1CCCN1c1c(F)cc(N)cc1F. The summed E-state index contributed by atoms with van der Waals surface area (Å²) in [5.74, 6) is -1.14. The number of nitrogens with zero attached hydrogens (tertiary/aromatic N) is 1. The Balaban J connectivity index is 2.43. The number of nitrogens with two attached hydrogens (primary N) is 1. The number of hydrogen-bond donors (Lipinski definition) is 1. The average Bonchev–Trinajstić information content (AvgIpc) is 2.50. The summed E-state index contributed by atoms with van der Waals surface area (Å²) >= 11 is 0. The minimum absolute atomic E-state index is 0.0641. The van der Waals surface area contributed by atoms with Crippen LogP contribution in [0.15, 0.2) is 12.1 Å². The summed E-state index contributed by atoms with van der Waals surface area (Å²) in [7, 11) is 0. The molecule has 1 fully saturated rings. The summed E-state index contributed by atoms with van der Waals surface area (Å²) in [6.07, 6.45) is 1.95. The summed E-state index contributed by atoms with van der Waals surface area (Å²) in [6.45, 7) is 2.68. The van der Waals surface area contributed by atoms with Crippen molar-refractivity contribution in [2.45, 2.75) is 25.8 Å². The third-order valence-corrected chi connectivity index (χ3v) is 2.88. The summed E-state index contributed by atoms with van der Waals surface area (Å²) in [5, 5.41) is 0. The Morgan fingerprint density at radius 1 is 1.33 bits per heavy atom. The van der Waals surface area contributed by atoms with Crippen LogP contribution in [0, 0.1) is 11.6 Å². The Bertz CT molecular complexity index is 356. The number of rotatable bonds is 1. The van der Waals surface area contributed by atoms with Gasteiger partial charge in [-0.25, -0.2) is 8.78 Å². The van der Waals surface area contributed by atoms with Crippen LogP contribution in [0.1, 0.15) is 19.8 Å². The zero-order chi connectivity index (χ0) is 11.0. The Kier molecular flexibility index (Phi) is 2.50. The molecule has 0 amide bonds. The van der Waals surface area contributed by atoms with Crippen molar-refractivity contribution in [3.63, 3.8) is 0 Å². The summed E-state index contributed by atoms with van der Waals surface area (Å²) in [4.78, 5) is 1.77. The first-order chi connectivity index (χ1) is 7.09. The zero-order valence-electron chi connectivity index (χ0n) is 8.63. The smallest absolute Gasteiger partial charge is 0.151 e. The molecule has 0 saturated carbocycles. The van der Waals surface area contributed by atoms with Gasteiger partial charge in [0.15, 0.2) is 11.6 Å². The zero-order valence-corrected chi connectivity index (χ0v) is 8.63. The van der Waals surface area contributed by atoms with Gasteiger partial charge in [-0.1, -0.05) is 0 Å². The first-order valence-electron chi connectivity index (χ1n) is 5.10. The molecule has 1 aliphatic rings. The Morgan fingerprint density at radius 2 is 1.93 bits per heavy atom. The predicted molar refractivity (Wildman–Crippen MR) is 56.8 cm³/mol. The van der Waals surface area contributed by atoms with E-state index >= 15 is 0 Å². The lowest BCUT2D eigenvalue weighted by atomic mass is 10.2. The van der Waals surface area contributed by atoms with Crippen molar-refractivity contribution in [3.8, 4) is 0 Å². The fourth-order valence-electron chi connectivity index (χ4n) is 2.12. The molecule has 82 valence electrons. The van der Waals surface area contributed by atoms with Crippen molar-refractivity contribution in [1.29, 1.82) is 0 Å². The molecule has 0 radical (unpaired) electrons. The summed E-state index contributed by atoms with van der Waals surface area (Å²) < 4.78 is 27.1. The molecule has 2 nitrogen and oxygen atoms in total. The molecule has 1 unspecified atom stereocenters. The predicted octanol–water partition coefficient (Wildman–Crippen LogP) is 2.54. The normalized spacial score (nSPS) is 21.0. The second-order valence-electron chi connectivity index (χ2n) is 4.02. The van der Waals surface area contributed by atoms with Gasteiger partial charge in [0.25, 0.3) is 0 Å². The van der Waals surface area contributed by atoms with Crippen molar-refractivity contribution in [2.75, 3.05) is 17.2 Å². The first kappa shape index (κ1) is 10.2. The molecular formula is C11H14F2N2. The van der Waals surface area contributed by atoms with E-state index in [1.165, 1.54) is 12.1 Å². The Hall–Kier alpha value is -1.32. The highest BCUT2D eigenvalue weighted by Gasteiger charge is 2.25. The van der Waals surface area contributed by atoms with Gasteiger partial charge in [-0.3, -0.25) is 0 Å². The van der Waals surface area contributed by atoms with Gasteiger partial charge in [-0.15, -0.1) is 0 Å². The minimum Gasteiger partial charge on any atom is -0.399 e. The molecule has 15 heavy (non-hydrogen) atoms. The van der Waals surface area contributed by atoms with E-state index in [2.05, 4.69) is 0 Å². The minimum atomic E-state index is -0.568. The van der Waals surface area contributed by atoms with Gasteiger partial charge in [-0.2, -0.15) is 0 Å². The van der Waals surface area contributed by atoms with E-state index in [9.17, 15) is 8.78 Å². The van der Waals surface area contributed by atoms with E-state index in [-0.39, 0.29) is 17.4 Å².